The molecule has 2 heterocycles. The molecule has 0 aliphatic carbocycles. The number of carbonyl (C=O) groups is 1. The fourth-order valence-electron chi connectivity index (χ4n) is 3.15. The van der Waals surface area contributed by atoms with Crippen LogP contribution in [0.2, 0.25) is 0 Å². The van der Waals surface area contributed by atoms with Crippen molar-refractivity contribution in [1.82, 2.24) is 9.56 Å². The fourth-order valence-corrected chi connectivity index (χ4v) is 3.15. The molecular formula is C24H23N3O5. The normalized spacial score (nSPS) is 10.8. The molecule has 0 radical (unpaired) electrons. The van der Waals surface area contributed by atoms with Gasteiger partial charge in [0.1, 0.15) is 23.9 Å². The van der Waals surface area contributed by atoms with Crippen LogP contribution >= 0.6 is 0 Å². The Morgan fingerprint density at radius 1 is 1.09 bits per heavy atom. The van der Waals surface area contributed by atoms with Crippen LogP contribution < -0.4 is 20.3 Å². The molecule has 0 unspecified atom stereocenters. The van der Waals surface area contributed by atoms with Crippen molar-refractivity contribution in [3.05, 3.63) is 88.0 Å². The number of para-hydroxylation sites is 2. The molecule has 32 heavy (non-hydrogen) atoms. The third-order valence-corrected chi connectivity index (χ3v) is 4.76. The Hall–Kier alpha value is -4.07. The number of anilines is 1. The predicted molar refractivity (Wildman–Crippen MR) is 119 cm³/mol. The van der Waals surface area contributed by atoms with Crippen molar-refractivity contribution in [3.63, 3.8) is 0 Å². The molecule has 4 rings (SSSR count). The SMILES string of the molecule is CCc1ccc(OCC(=O)Nc2ccccc2OCc2cc(=O)n3oc(C)cc3n2)cc1. The summed E-state index contributed by atoms with van der Waals surface area (Å²) in [5.74, 6) is 1.36. The quantitative estimate of drug-likeness (QED) is 0.455. The van der Waals surface area contributed by atoms with Gasteiger partial charge in [-0.3, -0.25) is 9.59 Å². The smallest absolute Gasteiger partial charge is 0.287 e. The number of rotatable bonds is 8. The van der Waals surface area contributed by atoms with E-state index in [1.807, 2.05) is 24.3 Å². The number of fused-ring (bicyclic) bond motifs is 1. The fraction of sp³-hybridized carbons (Fsp3) is 0.208. The minimum atomic E-state index is -0.326. The molecule has 0 fully saturated rings. The molecule has 0 aliphatic heterocycles. The van der Waals surface area contributed by atoms with Crippen molar-refractivity contribution in [1.29, 1.82) is 0 Å². The van der Waals surface area contributed by atoms with Gasteiger partial charge in [-0.15, -0.1) is 4.57 Å². The van der Waals surface area contributed by atoms with Gasteiger partial charge in [-0.2, -0.15) is 0 Å². The Morgan fingerprint density at radius 2 is 1.88 bits per heavy atom. The number of hydrogen-bond donors (Lipinski definition) is 1. The molecule has 1 N–H and O–H groups in total. The maximum atomic E-state index is 12.4. The average Bonchev–Trinajstić information content (AvgIpc) is 3.18. The maximum absolute atomic E-state index is 12.4. The minimum Gasteiger partial charge on any atom is -0.485 e. The van der Waals surface area contributed by atoms with Crippen LogP contribution in [0.4, 0.5) is 5.69 Å². The lowest BCUT2D eigenvalue weighted by atomic mass is 10.2. The number of nitrogens with one attached hydrogen (secondary N) is 1. The lowest BCUT2D eigenvalue weighted by molar-refractivity contribution is -0.118. The van der Waals surface area contributed by atoms with Gasteiger partial charge in [0.05, 0.1) is 11.4 Å². The van der Waals surface area contributed by atoms with Gasteiger partial charge in [-0.1, -0.05) is 31.2 Å². The summed E-state index contributed by atoms with van der Waals surface area (Å²) in [6, 6.07) is 17.7. The number of aryl methyl sites for hydroxylation is 2. The molecular weight excluding hydrogens is 410 g/mol. The van der Waals surface area contributed by atoms with Gasteiger partial charge in [0.25, 0.3) is 11.5 Å². The highest BCUT2D eigenvalue weighted by molar-refractivity contribution is 5.93. The molecule has 0 atom stereocenters. The van der Waals surface area contributed by atoms with Crippen molar-refractivity contribution >= 4 is 17.2 Å². The topological polar surface area (TPSA) is 95.1 Å². The molecule has 164 valence electrons. The highest BCUT2D eigenvalue weighted by Gasteiger charge is 2.11. The van der Waals surface area contributed by atoms with E-state index >= 15 is 0 Å². The number of ether oxygens (including phenoxy) is 2. The van der Waals surface area contributed by atoms with E-state index < -0.39 is 0 Å². The Balaban J connectivity index is 1.39. The monoisotopic (exact) mass is 433 g/mol. The zero-order valence-corrected chi connectivity index (χ0v) is 17.8. The summed E-state index contributed by atoms with van der Waals surface area (Å²) >= 11 is 0. The number of nitrogens with zero attached hydrogens (tertiary/aromatic N) is 2. The summed E-state index contributed by atoms with van der Waals surface area (Å²) in [5, 5.41) is 2.79. The first-order valence-electron chi connectivity index (χ1n) is 10.2. The highest BCUT2D eigenvalue weighted by Crippen LogP contribution is 2.24. The molecule has 0 spiro atoms. The number of carbonyl (C=O) groups excluding carboxylic acids is 1. The van der Waals surface area contributed by atoms with E-state index in [1.165, 1.54) is 11.6 Å². The number of benzene rings is 2. The molecule has 0 aliphatic rings. The first-order chi connectivity index (χ1) is 15.5. The van der Waals surface area contributed by atoms with Crippen LogP contribution in [0.3, 0.4) is 0 Å². The third kappa shape index (κ3) is 4.97. The van der Waals surface area contributed by atoms with Crippen LogP contribution in [0.1, 0.15) is 23.9 Å². The second-order valence-electron chi connectivity index (χ2n) is 7.20. The van der Waals surface area contributed by atoms with E-state index in [9.17, 15) is 9.59 Å². The van der Waals surface area contributed by atoms with Crippen molar-refractivity contribution in [3.8, 4) is 11.5 Å². The van der Waals surface area contributed by atoms with Crippen LogP contribution in [0.25, 0.3) is 5.65 Å². The summed E-state index contributed by atoms with van der Waals surface area (Å²) in [6.45, 7) is 3.75. The predicted octanol–water partition coefficient (Wildman–Crippen LogP) is 3.75. The molecule has 0 saturated carbocycles. The molecule has 8 heteroatoms. The van der Waals surface area contributed by atoms with Crippen LogP contribution in [-0.4, -0.2) is 22.1 Å². The second kappa shape index (κ2) is 9.38. The van der Waals surface area contributed by atoms with E-state index in [0.717, 1.165) is 11.0 Å². The van der Waals surface area contributed by atoms with Gasteiger partial charge in [-0.05, 0) is 43.2 Å². The van der Waals surface area contributed by atoms with Crippen LogP contribution in [-0.2, 0) is 17.8 Å². The zero-order valence-electron chi connectivity index (χ0n) is 17.8. The molecule has 0 saturated heterocycles. The van der Waals surface area contributed by atoms with Crippen molar-refractivity contribution in [2.24, 2.45) is 0 Å². The zero-order chi connectivity index (χ0) is 22.5. The van der Waals surface area contributed by atoms with E-state index in [-0.39, 0.29) is 24.7 Å². The Labute approximate surface area is 184 Å². The van der Waals surface area contributed by atoms with Gasteiger partial charge in [-0.25, -0.2) is 4.98 Å². The van der Waals surface area contributed by atoms with Gasteiger partial charge in [0.15, 0.2) is 12.3 Å². The first kappa shape index (κ1) is 21.2. The van der Waals surface area contributed by atoms with E-state index in [0.29, 0.717) is 34.3 Å². The molecule has 4 aromatic rings. The van der Waals surface area contributed by atoms with Gasteiger partial charge < -0.3 is 19.3 Å². The standard InChI is InChI=1S/C24H23N3O5/c1-3-17-8-10-19(11-9-17)30-15-23(28)26-20-6-4-5-7-21(20)31-14-18-13-24(29)27-22(25-18)12-16(2)32-27/h4-13H,3,14-15H2,1-2H3,(H,26,28). The Kier molecular flexibility index (Phi) is 6.21. The summed E-state index contributed by atoms with van der Waals surface area (Å²) < 4.78 is 17.8. The van der Waals surface area contributed by atoms with Gasteiger partial charge in [0, 0.05) is 12.1 Å². The first-order valence-corrected chi connectivity index (χ1v) is 10.2. The Morgan fingerprint density at radius 3 is 2.66 bits per heavy atom. The lowest BCUT2D eigenvalue weighted by Gasteiger charge is -2.13. The van der Waals surface area contributed by atoms with Crippen molar-refractivity contribution in [2.45, 2.75) is 26.9 Å². The molecule has 8 nitrogen and oxygen atoms in total. The van der Waals surface area contributed by atoms with Crippen LogP contribution in [0.15, 0.2) is 70.0 Å². The molecule has 1 amide bonds. The van der Waals surface area contributed by atoms with Gasteiger partial charge >= 0.3 is 0 Å². The third-order valence-electron chi connectivity index (χ3n) is 4.76. The molecule has 0 bridgehead atoms. The highest BCUT2D eigenvalue weighted by atomic mass is 16.5. The second-order valence-corrected chi connectivity index (χ2v) is 7.20. The van der Waals surface area contributed by atoms with E-state index in [4.69, 9.17) is 14.0 Å². The van der Waals surface area contributed by atoms with Crippen LogP contribution in [0, 0.1) is 6.92 Å². The number of amides is 1. The lowest BCUT2D eigenvalue weighted by Crippen LogP contribution is -2.20. The minimum absolute atomic E-state index is 0.0587. The summed E-state index contributed by atoms with van der Waals surface area (Å²) in [6.07, 6.45) is 0.942. The average molecular weight is 433 g/mol. The van der Waals surface area contributed by atoms with E-state index in [1.54, 1.807) is 37.3 Å². The molecule has 2 aromatic carbocycles. The number of hydrogen-bond acceptors (Lipinski definition) is 6. The van der Waals surface area contributed by atoms with Crippen molar-refractivity contribution < 1.29 is 18.8 Å². The number of aromatic nitrogens is 2. The largest absolute Gasteiger partial charge is 0.485 e. The van der Waals surface area contributed by atoms with Crippen LogP contribution in [0.5, 0.6) is 11.5 Å². The molecule has 2 aromatic heterocycles. The summed E-state index contributed by atoms with van der Waals surface area (Å²) in [5.41, 5.74) is 2.24. The summed E-state index contributed by atoms with van der Waals surface area (Å²) in [7, 11) is 0. The van der Waals surface area contributed by atoms with E-state index in [2.05, 4.69) is 17.2 Å². The van der Waals surface area contributed by atoms with Gasteiger partial charge in [0.2, 0.25) is 0 Å². The summed E-state index contributed by atoms with van der Waals surface area (Å²) in [4.78, 5) is 28.9. The Bertz CT molecular complexity index is 1290. The maximum Gasteiger partial charge on any atom is 0.287 e. The van der Waals surface area contributed by atoms with Crippen molar-refractivity contribution in [2.75, 3.05) is 11.9 Å².